The van der Waals surface area contributed by atoms with Crippen LogP contribution in [0.1, 0.15) is 5.56 Å². The lowest BCUT2D eigenvalue weighted by atomic mass is 10.0. The lowest BCUT2D eigenvalue weighted by molar-refractivity contribution is -0.136. The van der Waals surface area contributed by atoms with Crippen LogP contribution < -0.4 is 6.15 Å². The van der Waals surface area contributed by atoms with Gasteiger partial charge in [0.2, 0.25) is 0 Å². The Morgan fingerprint density at radius 2 is 1.73 bits per heavy atom. The Hall–Kier alpha value is -1.87. The zero-order chi connectivity index (χ0) is 9.97. The summed E-state index contributed by atoms with van der Waals surface area (Å²) >= 11 is 0. The molecule has 0 heterocycles. The van der Waals surface area contributed by atoms with Gasteiger partial charge in [-0.2, -0.15) is 0 Å². The number of aliphatic carboxylic acids is 1. The van der Waals surface area contributed by atoms with Gasteiger partial charge in [0.25, 0.3) is 0 Å². The van der Waals surface area contributed by atoms with Crippen LogP contribution in [0.3, 0.4) is 0 Å². The molecule has 78 valence electrons. The van der Waals surface area contributed by atoms with Crippen molar-refractivity contribution in [2.75, 3.05) is 0 Å². The molecule has 0 fully saturated rings. The molecule has 0 unspecified atom stereocenters. The first-order valence-corrected chi connectivity index (χ1v) is 4.46. The van der Waals surface area contributed by atoms with Gasteiger partial charge in [0.1, 0.15) is 0 Å². The van der Waals surface area contributed by atoms with Gasteiger partial charge in [-0.1, -0.05) is 42.5 Å². The molecule has 3 nitrogen and oxygen atoms in total. The zero-order valence-electron chi connectivity index (χ0n) is 8.31. The van der Waals surface area contributed by atoms with Crippen molar-refractivity contribution in [1.82, 2.24) is 6.15 Å². The van der Waals surface area contributed by atoms with E-state index in [4.69, 9.17) is 5.11 Å². The van der Waals surface area contributed by atoms with E-state index in [2.05, 4.69) is 0 Å². The van der Waals surface area contributed by atoms with Gasteiger partial charge < -0.3 is 11.3 Å². The molecule has 0 atom stereocenters. The lowest BCUT2D eigenvalue weighted by Crippen LogP contribution is -2.00. The summed E-state index contributed by atoms with van der Waals surface area (Å²) in [7, 11) is 0. The van der Waals surface area contributed by atoms with Gasteiger partial charge in [-0.15, -0.1) is 0 Å². The SMILES string of the molecule is N.O=C(O)Cc1cccc2ccccc12. The van der Waals surface area contributed by atoms with Crippen molar-refractivity contribution in [2.45, 2.75) is 6.42 Å². The van der Waals surface area contributed by atoms with Gasteiger partial charge in [0.15, 0.2) is 0 Å². The summed E-state index contributed by atoms with van der Waals surface area (Å²) in [5.41, 5.74) is 0.871. The molecule has 0 radical (unpaired) electrons. The second-order valence-corrected chi connectivity index (χ2v) is 3.21. The maximum Gasteiger partial charge on any atom is 0.307 e. The van der Waals surface area contributed by atoms with Crippen LogP contribution >= 0.6 is 0 Å². The average molecular weight is 203 g/mol. The average Bonchev–Trinajstić information content (AvgIpc) is 2.18. The second-order valence-electron chi connectivity index (χ2n) is 3.21. The Bertz CT molecular complexity index is 475. The van der Waals surface area contributed by atoms with Crippen LogP contribution in [0.15, 0.2) is 42.5 Å². The van der Waals surface area contributed by atoms with E-state index in [0.29, 0.717) is 0 Å². The fraction of sp³-hybridized carbons (Fsp3) is 0.0833. The Labute approximate surface area is 87.9 Å². The monoisotopic (exact) mass is 203 g/mol. The maximum atomic E-state index is 10.6. The Morgan fingerprint density at radius 1 is 1.07 bits per heavy atom. The highest BCUT2D eigenvalue weighted by Crippen LogP contribution is 2.18. The summed E-state index contributed by atoms with van der Waals surface area (Å²) in [6, 6.07) is 13.5. The van der Waals surface area contributed by atoms with E-state index in [-0.39, 0.29) is 12.6 Å². The van der Waals surface area contributed by atoms with Gasteiger partial charge in [-0.3, -0.25) is 4.79 Å². The van der Waals surface area contributed by atoms with Gasteiger partial charge in [-0.25, -0.2) is 0 Å². The molecule has 0 aromatic heterocycles. The van der Waals surface area contributed by atoms with Crippen LogP contribution in [0, 0.1) is 0 Å². The van der Waals surface area contributed by atoms with Crippen LogP contribution in [0.5, 0.6) is 0 Å². The molecule has 3 heteroatoms. The third kappa shape index (κ3) is 2.33. The second kappa shape index (κ2) is 4.57. The first-order chi connectivity index (χ1) is 6.77. The standard InChI is InChI=1S/C12H10O2.H3N/c13-12(14)8-10-6-3-5-9-4-1-2-7-11(9)10;/h1-7H,8H2,(H,13,14);1H3. The van der Waals surface area contributed by atoms with E-state index < -0.39 is 5.97 Å². The molecular formula is C12H13NO2. The normalized spacial score (nSPS) is 9.60. The molecule has 0 amide bonds. The van der Waals surface area contributed by atoms with Crippen molar-refractivity contribution < 1.29 is 9.90 Å². The smallest absolute Gasteiger partial charge is 0.307 e. The summed E-state index contributed by atoms with van der Waals surface area (Å²) in [6.45, 7) is 0. The van der Waals surface area contributed by atoms with E-state index in [1.807, 2.05) is 42.5 Å². The molecule has 0 aliphatic carbocycles. The van der Waals surface area contributed by atoms with Crippen LogP contribution in [-0.4, -0.2) is 11.1 Å². The van der Waals surface area contributed by atoms with E-state index in [9.17, 15) is 4.79 Å². The third-order valence-electron chi connectivity index (χ3n) is 2.22. The van der Waals surface area contributed by atoms with Crippen LogP contribution in [-0.2, 0) is 11.2 Å². The molecule has 0 aliphatic rings. The molecule has 0 saturated carbocycles. The van der Waals surface area contributed by atoms with E-state index in [0.717, 1.165) is 16.3 Å². The maximum absolute atomic E-state index is 10.6. The molecule has 0 saturated heterocycles. The van der Waals surface area contributed by atoms with Crippen molar-refractivity contribution in [3.8, 4) is 0 Å². The third-order valence-corrected chi connectivity index (χ3v) is 2.22. The largest absolute Gasteiger partial charge is 0.481 e. The van der Waals surface area contributed by atoms with E-state index in [1.54, 1.807) is 0 Å². The van der Waals surface area contributed by atoms with Gasteiger partial charge in [0.05, 0.1) is 6.42 Å². The van der Waals surface area contributed by atoms with Gasteiger partial charge in [0, 0.05) is 0 Å². The molecule has 0 bridgehead atoms. The molecule has 0 aliphatic heterocycles. The van der Waals surface area contributed by atoms with Crippen LogP contribution in [0.2, 0.25) is 0 Å². The molecule has 2 aromatic rings. The highest BCUT2D eigenvalue weighted by atomic mass is 16.4. The summed E-state index contributed by atoms with van der Waals surface area (Å²) in [5.74, 6) is -0.790. The molecule has 15 heavy (non-hydrogen) atoms. The number of carbonyl (C=O) groups is 1. The lowest BCUT2D eigenvalue weighted by Gasteiger charge is -2.02. The first kappa shape index (κ1) is 11.2. The minimum atomic E-state index is -0.790. The summed E-state index contributed by atoms with van der Waals surface area (Å²) in [5, 5.41) is 10.8. The quantitative estimate of drug-likeness (QED) is 0.788. The first-order valence-electron chi connectivity index (χ1n) is 4.46. The van der Waals surface area contributed by atoms with Crippen molar-refractivity contribution in [1.29, 1.82) is 0 Å². The zero-order valence-corrected chi connectivity index (χ0v) is 8.31. The number of carboxylic acids is 1. The van der Waals surface area contributed by atoms with E-state index >= 15 is 0 Å². The number of carboxylic acid groups (broad SMARTS) is 1. The summed E-state index contributed by atoms with van der Waals surface area (Å²) < 4.78 is 0. The molecular weight excluding hydrogens is 190 g/mol. The number of benzene rings is 2. The van der Waals surface area contributed by atoms with Gasteiger partial charge >= 0.3 is 5.97 Å². The minimum absolute atomic E-state index is 0. The van der Waals surface area contributed by atoms with Crippen LogP contribution in [0.25, 0.3) is 10.8 Å². The van der Waals surface area contributed by atoms with Crippen molar-refractivity contribution in [2.24, 2.45) is 0 Å². The topological polar surface area (TPSA) is 72.3 Å². The minimum Gasteiger partial charge on any atom is -0.481 e. The summed E-state index contributed by atoms with van der Waals surface area (Å²) in [6.07, 6.45) is 0.0847. The predicted molar refractivity (Wildman–Crippen MR) is 60.3 cm³/mol. The van der Waals surface area contributed by atoms with Crippen molar-refractivity contribution in [3.63, 3.8) is 0 Å². The fourth-order valence-corrected chi connectivity index (χ4v) is 1.61. The van der Waals surface area contributed by atoms with Crippen molar-refractivity contribution in [3.05, 3.63) is 48.0 Å². The van der Waals surface area contributed by atoms with Gasteiger partial charge in [-0.05, 0) is 16.3 Å². The molecule has 4 N–H and O–H groups in total. The molecule has 0 spiro atoms. The Balaban J connectivity index is 0.00000112. The number of hydrogen-bond donors (Lipinski definition) is 2. The van der Waals surface area contributed by atoms with E-state index in [1.165, 1.54) is 0 Å². The molecule has 2 aromatic carbocycles. The van der Waals surface area contributed by atoms with Crippen LogP contribution in [0.4, 0.5) is 0 Å². The number of fused-ring (bicyclic) bond motifs is 1. The highest BCUT2D eigenvalue weighted by Gasteiger charge is 2.03. The Morgan fingerprint density at radius 3 is 2.47 bits per heavy atom. The summed E-state index contributed by atoms with van der Waals surface area (Å²) in [4.78, 5) is 10.6. The predicted octanol–water partition coefficient (Wildman–Crippen LogP) is 2.63. The Kier molecular flexibility index (Phi) is 3.42. The fourth-order valence-electron chi connectivity index (χ4n) is 1.61. The number of hydrogen-bond acceptors (Lipinski definition) is 2. The highest BCUT2D eigenvalue weighted by molar-refractivity contribution is 5.88. The molecule has 2 rings (SSSR count). The van der Waals surface area contributed by atoms with Crippen molar-refractivity contribution >= 4 is 16.7 Å². The number of rotatable bonds is 2.